The molecule has 2 aromatic carbocycles. The molecule has 0 aliphatic rings. The van der Waals surface area contributed by atoms with E-state index in [1.54, 1.807) is 12.1 Å². The van der Waals surface area contributed by atoms with E-state index in [1.165, 1.54) is 44.9 Å². The Kier molecular flexibility index (Phi) is 11.8. The maximum absolute atomic E-state index is 12.3. The summed E-state index contributed by atoms with van der Waals surface area (Å²) in [5.41, 5.74) is 4.97. The molecule has 4 nitrogen and oxygen atoms in total. The van der Waals surface area contributed by atoms with Crippen molar-refractivity contribution in [2.75, 3.05) is 6.61 Å². The number of ether oxygens (including phenoxy) is 1. The van der Waals surface area contributed by atoms with Crippen LogP contribution in [0, 0.1) is 0 Å². The van der Waals surface area contributed by atoms with Gasteiger partial charge in [-0.15, -0.1) is 0 Å². The number of nitrogens with one attached hydrogen (secondary N) is 1. The maximum Gasteiger partial charge on any atom is 0.271 e. The van der Waals surface area contributed by atoms with Crippen molar-refractivity contribution in [3.63, 3.8) is 0 Å². The molecule has 0 saturated carbocycles. The third kappa shape index (κ3) is 10.6. The Morgan fingerprint density at radius 3 is 2.23 bits per heavy atom. The van der Waals surface area contributed by atoms with Crippen LogP contribution < -0.4 is 10.2 Å². The second kappa shape index (κ2) is 15.0. The standard InChI is InChI=1S/C27H36N2O2/c1-3-4-5-6-7-8-9-13-22-31-26-20-18-25(19-21-26)27(30)29-28-23(2)16-17-24-14-11-10-12-15-24/h10-12,14-21H,3-9,13,22H2,1-2H3,(H,29,30)/b17-16+,28-23+. The zero-order valence-corrected chi connectivity index (χ0v) is 19.0. The predicted molar refractivity (Wildman–Crippen MR) is 131 cm³/mol. The Hall–Kier alpha value is -2.88. The van der Waals surface area contributed by atoms with Gasteiger partial charge in [-0.25, -0.2) is 5.43 Å². The fourth-order valence-corrected chi connectivity index (χ4v) is 3.15. The Labute approximate surface area is 187 Å². The minimum Gasteiger partial charge on any atom is -0.494 e. The number of hydrazone groups is 1. The van der Waals surface area contributed by atoms with Crippen molar-refractivity contribution in [1.29, 1.82) is 0 Å². The van der Waals surface area contributed by atoms with Crippen LogP contribution in [0.15, 0.2) is 65.8 Å². The first-order valence-electron chi connectivity index (χ1n) is 11.5. The number of nitrogens with zero attached hydrogens (tertiary/aromatic N) is 1. The van der Waals surface area contributed by atoms with E-state index in [0.717, 1.165) is 30.1 Å². The van der Waals surface area contributed by atoms with E-state index in [9.17, 15) is 4.79 Å². The van der Waals surface area contributed by atoms with Crippen LogP contribution in [0.25, 0.3) is 6.08 Å². The Morgan fingerprint density at radius 1 is 0.903 bits per heavy atom. The zero-order valence-electron chi connectivity index (χ0n) is 19.0. The number of rotatable bonds is 14. The Balaban J connectivity index is 1.66. The van der Waals surface area contributed by atoms with Crippen molar-refractivity contribution in [2.45, 2.75) is 65.2 Å². The van der Waals surface area contributed by atoms with Crippen LogP contribution >= 0.6 is 0 Å². The summed E-state index contributed by atoms with van der Waals surface area (Å²) in [7, 11) is 0. The average molecular weight is 421 g/mol. The number of benzene rings is 2. The summed E-state index contributed by atoms with van der Waals surface area (Å²) in [6.45, 7) is 4.82. The van der Waals surface area contributed by atoms with E-state index in [2.05, 4.69) is 17.5 Å². The molecule has 0 aliphatic heterocycles. The average Bonchev–Trinajstić information content (AvgIpc) is 2.81. The monoisotopic (exact) mass is 420 g/mol. The van der Waals surface area contributed by atoms with Crippen molar-refractivity contribution in [2.24, 2.45) is 5.10 Å². The molecule has 1 N–H and O–H groups in total. The van der Waals surface area contributed by atoms with Crippen molar-refractivity contribution < 1.29 is 9.53 Å². The fraction of sp³-hybridized carbons (Fsp3) is 0.407. The second-order valence-electron chi connectivity index (χ2n) is 7.79. The molecule has 166 valence electrons. The van der Waals surface area contributed by atoms with Gasteiger partial charge in [0, 0.05) is 5.56 Å². The topological polar surface area (TPSA) is 50.7 Å². The molecule has 4 heteroatoms. The lowest BCUT2D eigenvalue weighted by molar-refractivity contribution is 0.0955. The van der Waals surface area contributed by atoms with Crippen LogP contribution in [-0.2, 0) is 0 Å². The lowest BCUT2D eigenvalue weighted by Gasteiger charge is -2.07. The van der Waals surface area contributed by atoms with Crippen molar-refractivity contribution in [3.8, 4) is 5.75 Å². The van der Waals surface area contributed by atoms with Gasteiger partial charge in [-0.2, -0.15) is 5.10 Å². The molecule has 0 bridgehead atoms. The summed E-state index contributed by atoms with van der Waals surface area (Å²) < 4.78 is 5.79. The minimum absolute atomic E-state index is 0.234. The van der Waals surface area contributed by atoms with E-state index in [1.807, 2.05) is 61.5 Å². The van der Waals surface area contributed by atoms with Gasteiger partial charge in [-0.1, -0.05) is 88.3 Å². The van der Waals surface area contributed by atoms with Gasteiger partial charge >= 0.3 is 0 Å². The quantitative estimate of drug-likeness (QED) is 0.203. The van der Waals surface area contributed by atoms with Crippen molar-refractivity contribution >= 4 is 17.7 Å². The van der Waals surface area contributed by atoms with E-state index < -0.39 is 0 Å². The summed E-state index contributed by atoms with van der Waals surface area (Å²) >= 11 is 0. The highest BCUT2D eigenvalue weighted by Gasteiger charge is 2.04. The number of carbonyl (C=O) groups excluding carboxylic acids is 1. The molecular formula is C27H36N2O2. The highest BCUT2D eigenvalue weighted by atomic mass is 16.5. The molecule has 0 unspecified atom stereocenters. The number of unbranched alkanes of at least 4 members (excludes halogenated alkanes) is 7. The highest BCUT2D eigenvalue weighted by molar-refractivity contribution is 5.99. The molecule has 0 aromatic heterocycles. The van der Waals surface area contributed by atoms with Crippen LogP contribution in [0.5, 0.6) is 5.75 Å². The SMILES string of the molecule is CCCCCCCCCCOc1ccc(C(=O)N/N=C(C)/C=C/c2ccccc2)cc1. The lowest BCUT2D eigenvalue weighted by Crippen LogP contribution is -2.18. The van der Waals surface area contributed by atoms with Crippen LogP contribution in [0.2, 0.25) is 0 Å². The summed E-state index contributed by atoms with van der Waals surface area (Å²) in [5, 5.41) is 4.14. The van der Waals surface area contributed by atoms with Crippen molar-refractivity contribution in [1.82, 2.24) is 5.43 Å². The van der Waals surface area contributed by atoms with Crippen LogP contribution in [0.4, 0.5) is 0 Å². The Morgan fingerprint density at radius 2 is 1.55 bits per heavy atom. The first-order valence-corrected chi connectivity index (χ1v) is 11.5. The van der Waals surface area contributed by atoms with E-state index in [-0.39, 0.29) is 5.91 Å². The molecule has 0 radical (unpaired) electrons. The third-order valence-electron chi connectivity index (χ3n) is 5.03. The molecule has 31 heavy (non-hydrogen) atoms. The molecule has 0 fully saturated rings. The smallest absolute Gasteiger partial charge is 0.271 e. The van der Waals surface area contributed by atoms with Gasteiger partial charge in [0.05, 0.1) is 12.3 Å². The number of hydrogen-bond donors (Lipinski definition) is 1. The molecule has 0 saturated heterocycles. The highest BCUT2D eigenvalue weighted by Crippen LogP contribution is 2.14. The van der Waals surface area contributed by atoms with Crippen molar-refractivity contribution in [3.05, 3.63) is 71.8 Å². The van der Waals surface area contributed by atoms with Gasteiger partial charge in [0.2, 0.25) is 0 Å². The predicted octanol–water partition coefficient (Wildman–Crippen LogP) is 7.03. The van der Waals surface area contributed by atoms with E-state index in [0.29, 0.717) is 5.56 Å². The minimum atomic E-state index is -0.234. The molecule has 2 rings (SSSR count). The van der Waals surface area contributed by atoms with Crippen LogP contribution in [0.3, 0.4) is 0 Å². The number of hydrogen-bond acceptors (Lipinski definition) is 3. The zero-order chi connectivity index (χ0) is 22.2. The molecular weight excluding hydrogens is 384 g/mol. The third-order valence-corrected chi connectivity index (χ3v) is 5.03. The molecule has 2 aromatic rings. The Bertz CT molecular complexity index is 811. The first kappa shape index (κ1) is 24.4. The second-order valence-corrected chi connectivity index (χ2v) is 7.79. The molecule has 0 heterocycles. The van der Waals surface area contributed by atoms with E-state index in [4.69, 9.17) is 4.74 Å². The van der Waals surface area contributed by atoms with Gasteiger partial charge in [0.15, 0.2) is 0 Å². The number of carbonyl (C=O) groups is 1. The maximum atomic E-state index is 12.3. The van der Waals surface area contributed by atoms with Crippen LogP contribution in [-0.4, -0.2) is 18.2 Å². The fourth-order valence-electron chi connectivity index (χ4n) is 3.15. The molecule has 0 spiro atoms. The normalized spacial score (nSPS) is 11.6. The van der Waals surface area contributed by atoms with Crippen LogP contribution in [0.1, 0.15) is 81.1 Å². The summed E-state index contributed by atoms with van der Waals surface area (Å²) in [5.74, 6) is 0.562. The molecule has 0 aliphatic carbocycles. The van der Waals surface area contributed by atoms with Gasteiger partial charge in [0.1, 0.15) is 5.75 Å². The lowest BCUT2D eigenvalue weighted by atomic mass is 10.1. The number of allylic oxidation sites excluding steroid dienone is 1. The first-order chi connectivity index (χ1) is 15.2. The largest absolute Gasteiger partial charge is 0.494 e. The van der Waals surface area contributed by atoms with Gasteiger partial charge in [0.25, 0.3) is 5.91 Å². The van der Waals surface area contributed by atoms with Gasteiger partial charge in [-0.05, 0) is 49.2 Å². The summed E-state index contributed by atoms with van der Waals surface area (Å²) in [6.07, 6.45) is 14.1. The number of amides is 1. The van der Waals surface area contributed by atoms with E-state index >= 15 is 0 Å². The van der Waals surface area contributed by atoms with Gasteiger partial charge < -0.3 is 4.74 Å². The molecule has 0 atom stereocenters. The summed E-state index contributed by atoms with van der Waals surface area (Å²) in [4.78, 5) is 12.3. The summed E-state index contributed by atoms with van der Waals surface area (Å²) in [6, 6.07) is 17.2. The van der Waals surface area contributed by atoms with Gasteiger partial charge in [-0.3, -0.25) is 4.79 Å². The molecule has 1 amide bonds.